The molecule has 3 atom stereocenters. The second-order valence-corrected chi connectivity index (χ2v) is 4.52. The third-order valence-electron chi connectivity index (χ3n) is 3.67. The van der Waals surface area contributed by atoms with Gasteiger partial charge in [0.05, 0.1) is 12.9 Å². The fraction of sp³-hybridized carbons (Fsp3) is 0.727. The molecule has 0 aromatic carbocycles. The van der Waals surface area contributed by atoms with Gasteiger partial charge in [-0.2, -0.15) is 0 Å². The lowest BCUT2D eigenvalue weighted by atomic mass is 9.83. The first-order valence-corrected chi connectivity index (χ1v) is 5.45. The maximum atomic E-state index is 12.0. The molecule has 3 unspecified atom stereocenters. The zero-order valence-corrected chi connectivity index (χ0v) is 8.16. The Kier molecular flexibility index (Phi) is 1.87. The Labute approximate surface area is 83.5 Å². The minimum Gasteiger partial charge on any atom is -0.500 e. The van der Waals surface area contributed by atoms with Crippen LogP contribution in [0.4, 0.5) is 0 Å². The van der Waals surface area contributed by atoms with Crippen molar-refractivity contribution in [1.29, 1.82) is 0 Å². The highest BCUT2D eigenvalue weighted by Gasteiger charge is 2.43. The Hall–Kier alpha value is -0.830. The first-order valence-electron chi connectivity index (χ1n) is 5.45. The van der Waals surface area contributed by atoms with E-state index in [0.717, 1.165) is 18.4 Å². The lowest BCUT2D eigenvalue weighted by Crippen LogP contribution is -2.29. The number of ether oxygens (including phenoxy) is 1. The molecule has 2 bridgehead atoms. The number of rotatable bonds is 2. The van der Waals surface area contributed by atoms with Crippen LogP contribution in [0.3, 0.4) is 0 Å². The van der Waals surface area contributed by atoms with Gasteiger partial charge in [-0.3, -0.25) is 4.79 Å². The predicted molar refractivity (Wildman–Crippen MR) is 51.7 cm³/mol. The molecule has 0 amide bonds. The van der Waals surface area contributed by atoms with Crippen LogP contribution in [0.1, 0.15) is 25.7 Å². The summed E-state index contributed by atoms with van der Waals surface area (Å²) >= 11 is 0. The molecule has 2 saturated heterocycles. The van der Waals surface area contributed by atoms with E-state index < -0.39 is 0 Å². The summed E-state index contributed by atoms with van der Waals surface area (Å²) in [6, 6.07) is 1.06. The third-order valence-corrected chi connectivity index (χ3v) is 3.67. The van der Waals surface area contributed by atoms with Crippen molar-refractivity contribution >= 4 is 5.78 Å². The molecular weight excluding hydrogens is 178 g/mol. The van der Waals surface area contributed by atoms with Crippen molar-refractivity contribution in [3.63, 3.8) is 0 Å². The SMILES string of the molecule is O=C(C1=COCC1)C1CC2CCC1N2. The normalized spacial score (nSPS) is 39.7. The van der Waals surface area contributed by atoms with Gasteiger partial charge in [0.15, 0.2) is 5.78 Å². The Morgan fingerprint density at radius 1 is 1.50 bits per heavy atom. The van der Waals surface area contributed by atoms with Crippen LogP contribution in [0.25, 0.3) is 0 Å². The summed E-state index contributed by atoms with van der Waals surface area (Å²) in [5.41, 5.74) is 0.907. The molecule has 2 fully saturated rings. The van der Waals surface area contributed by atoms with E-state index in [0.29, 0.717) is 24.5 Å². The van der Waals surface area contributed by atoms with E-state index in [1.165, 1.54) is 12.8 Å². The minimum absolute atomic E-state index is 0.238. The molecule has 3 heteroatoms. The molecular formula is C11H15NO2. The number of carbonyl (C=O) groups is 1. The van der Waals surface area contributed by atoms with Crippen molar-refractivity contribution in [2.75, 3.05) is 6.61 Å². The molecule has 14 heavy (non-hydrogen) atoms. The lowest BCUT2D eigenvalue weighted by Gasteiger charge is -2.18. The maximum absolute atomic E-state index is 12.0. The zero-order chi connectivity index (χ0) is 9.54. The highest BCUT2D eigenvalue weighted by Crippen LogP contribution is 2.35. The van der Waals surface area contributed by atoms with Gasteiger partial charge in [0.25, 0.3) is 0 Å². The number of ketones is 1. The number of carbonyl (C=O) groups excluding carboxylic acids is 1. The van der Waals surface area contributed by atoms with Gasteiger partial charge in [0.1, 0.15) is 0 Å². The van der Waals surface area contributed by atoms with Crippen LogP contribution >= 0.6 is 0 Å². The van der Waals surface area contributed by atoms with Crippen molar-refractivity contribution in [2.24, 2.45) is 5.92 Å². The highest BCUT2D eigenvalue weighted by molar-refractivity contribution is 5.98. The van der Waals surface area contributed by atoms with Crippen LogP contribution in [0, 0.1) is 5.92 Å². The summed E-state index contributed by atoms with van der Waals surface area (Å²) in [5.74, 6) is 0.573. The molecule has 0 aliphatic carbocycles. The molecule has 0 spiro atoms. The number of Topliss-reactive ketones (excluding diaryl/α,β-unsaturated/α-hetero) is 1. The highest BCUT2D eigenvalue weighted by atomic mass is 16.5. The number of hydrogen-bond acceptors (Lipinski definition) is 3. The quantitative estimate of drug-likeness (QED) is 0.711. The predicted octanol–water partition coefficient (Wildman–Crippen LogP) is 1.00. The fourth-order valence-corrected chi connectivity index (χ4v) is 2.92. The molecule has 3 aliphatic heterocycles. The number of fused-ring (bicyclic) bond motifs is 2. The van der Waals surface area contributed by atoms with Crippen molar-refractivity contribution in [3.8, 4) is 0 Å². The van der Waals surface area contributed by atoms with Crippen molar-refractivity contribution in [3.05, 3.63) is 11.8 Å². The Morgan fingerprint density at radius 2 is 2.43 bits per heavy atom. The van der Waals surface area contributed by atoms with Gasteiger partial charge >= 0.3 is 0 Å². The molecule has 0 saturated carbocycles. The average molecular weight is 193 g/mol. The number of hydrogen-bond donors (Lipinski definition) is 1. The Balaban J connectivity index is 1.74. The molecule has 76 valence electrons. The van der Waals surface area contributed by atoms with Gasteiger partial charge in [0, 0.05) is 30.0 Å². The summed E-state index contributed by atoms with van der Waals surface area (Å²) in [7, 11) is 0. The summed E-state index contributed by atoms with van der Waals surface area (Å²) in [5, 5.41) is 3.49. The summed E-state index contributed by atoms with van der Waals surface area (Å²) in [4.78, 5) is 12.0. The first kappa shape index (κ1) is 8.48. The summed E-state index contributed by atoms with van der Waals surface area (Å²) < 4.78 is 5.11. The smallest absolute Gasteiger partial charge is 0.166 e. The molecule has 0 radical (unpaired) electrons. The van der Waals surface area contributed by atoms with Crippen LogP contribution in [0.15, 0.2) is 11.8 Å². The Bertz CT molecular complexity index is 298. The number of nitrogens with one attached hydrogen (secondary N) is 1. The van der Waals surface area contributed by atoms with Gasteiger partial charge < -0.3 is 10.1 Å². The molecule has 3 heterocycles. The van der Waals surface area contributed by atoms with Gasteiger partial charge in [-0.25, -0.2) is 0 Å². The first-order chi connectivity index (χ1) is 6.84. The van der Waals surface area contributed by atoms with E-state index in [1.807, 2.05) is 0 Å². The van der Waals surface area contributed by atoms with E-state index in [4.69, 9.17) is 4.74 Å². The second-order valence-electron chi connectivity index (χ2n) is 4.52. The van der Waals surface area contributed by atoms with Gasteiger partial charge in [0.2, 0.25) is 0 Å². The van der Waals surface area contributed by atoms with E-state index in [9.17, 15) is 4.79 Å². The van der Waals surface area contributed by atoms with Gasteiger partial charge in [-0.05, 0) is 19.3 Å². The van der Waals surface area contributed by atoms with Crippen LogP contribution in [0.2, 0.25) is 0 Å². The summed E-state index contributed by atoms with van der Waals surface area (Å²) in [6.45, 7) is 0.690. The van der Waals surface area contributed by atoms with E-state index >= 15 is 0 Å². The molecule has 1 N–H and O–H groups in total. The fourth-order valence-electron chi connectivity index (χ4n) is 2.92. The van der Waals surface area contributed by atoms with E-state index in [1.54, 1.807) is 6.26 Å². The van der Waals surface area contributed by atoms with E-state index in [2.05, 4.69) is 5.32 Å². The molecule has 3 rings (SSSR count). The second kappa shape index (κ2) is 3.09. The molecule has 3 nitrogen and oxygen atoms in total. The van der Waals surface area contributed by atoms with Crippen LogP contribution < -0.4 is 5.32 Å². The van der Waals surface area contributed by atoms with Crippen LogP contribution in [-0.4, -0.2) is 24.5 Å². The van der Waals surface area contributed by atoms with Crippen LogP contribution in [0.5, 0.6) is 0 Å². The third kappa shape index (κ3) is 1.19. The topological polar surface area (TPSA) is 38.3 Å². The van der Waals surface area contributed by atoms with Gasteiger partial charge in [-0.15, -0.1) is 0 Å². The van der Waals surface area contributed by atoms with Crippen LogP contribution in [-0.2, 0) is 9.53 Å². The standard InChI is InChI=1S/C11H15NO2/c13-11(7-3-4-14-6-7)9-5-8-1-2-10(9)12-8/h6,8-10,12H,1-5H2. The van der Waals surface area contributed by atoms with Gasteiger partial charge in [-0.1, -0.05) is 0 Å². The zero-order valence-electron chi connectivity index (χ0n) is 8.16. The van der Waals surface area contributed by atoms with Crippen molar-refractivity contribution in [2.45, 2.75) is 37.8 Å². The summed E-state index contributed by atoms with van der Waals surface area (Å²) in [6.07, 6.45) is 5.95. The average Bonchev–Trinajstić information content (AvgIpc) is 2.93. The molecule has 3 aliphatic rings. The molecule has 0 aromatic heterocycles. The van der Waals surface area contributed by atoms with Crippen molar-refractivity contribution in [1.82, 2.24) is 5.32 Å². The lowest BCUT2D eigenvalue weighted by molar-refractivity contribution is -0.119. The Morgan fingerprint density at radius 3 is 3.00 bits per heavy atom. The minimum atomic E-state index is 0.238. The van der Waals surface area contributed by atoms with E-state index in [-0.39, 0.29) is 5.92 Å². The molecule has 0 aromatic rings. The maximum Gasteiger partial charge on any atom is 0.166 e. The van der Waals surface area contributed by atoms with Crippen molar-refractivity contribution < 1.29 is 9.53 Å². The monoisotopic (exact) mass is 193 g/mol. The largest absolute Gasteiger partial charge is 0.500 e.